The lowest BCUT2D eigenvalue weighted by Gasteiger charge is -2.31. The molecule has 7 nitrogen and oxygen atoms in total. The number of anilines is 1. The second-order valence-corrected chi connectivity index (χ2v) is 6.74. The predicted octanol–water partition coefficient (Wildman–Crippen LogP) is 2.10. The number of likely N-dealkylation sites (tertiary alicyclic amines) is 1. The molecule has 27 heavy (non-hydrogen) atoms. The number of hydrogen-bond donors (Lipinski definition) is 1. The number of aryl methyl sites for hydroxylation is 1. The fraction of sp³-hybridized carbons (Fsp3) is 0.421. The molecule has 2 aromatic rings. The number of aromatic nitrogens is 2. The molecule has 3 rings (SSSR count). The molecule has 1 amide bonds. The van der Waals surface area contributed by atoms with E-state index in [1.54, 1.807) is 30.2 Å². The van der Waals surface area contributed by atoms with Crippen LogP contribution in [0.3, 0.4) is 0 Å². The summed E-state index contributed by atoms with van der Waals surface area (Å²) >= 11 is 0. The summed E-state index contributed by atoms with van der Waals surface area (Å²) in [5.41, 5.74) is 0.973. The largest absolute Gasteiger partial charge is 0.494 e. The highest BCUT2D eigenvalue weighted by atomic mass is 19.1. The fourth-order valence-corrected chi connectivity index (χ4v) is 3.36. The highest BCUT2D eigenvalue weighted by Gasteiger charge is 2.28. The number of carbonyl (C=O) groups is 2. The molecule has 0 saturated carbocycles. The maximum atomic E-state index is 13.9. The van der Waals surface area contributed by atoms with Gasteiger partial charge in [0.15, 0.2) is 17.3 Å². The molecule has 144 valence electrons. The van der Waals surface area contributed by atoms with E-state index >= 15 is 0 Å². The Labute approximate surface area is 157 Å². The maximum absolute atomic E-state index is 13.9. The van der Waals surface area contributed by atoms with E-state index < -0.39 is 5.82 Å². The summed E-state index contributed by atoms with van der Waals surface area (Å²) in [6.45, 7) is 1.43. The van der Waals surface area contributed by atoms with E-state index in [1.165, 1.54) is 19.2 Å². The normalized spacial score (nSPS) is 17.5. The maximum Gasteiger partial charge on any atom is 0.238 e. The van der Waals surface area contributed by atoms with Crippen LogP contribution in [0.5, 0.6) is 5.75 Å². The number of methoxy groups -OCH3 is 1. The highest BCUT2D eigenvalue weighted by Crippen LogP contribution is 2.24. The van der Waals surface area contributed by atoms with Gasteiger partial charge < -0.3 is 10.1 Å². The van der Waals surface area contributed by atoms with Crippen molar-refractivity contribution in [2.24, 2.45) is 13.0 Å². The van der Waals surface area contributed by atoms with Gasteiger partial charge in [-0.25, -0.2) is 4.39 Å². The summed E-state index contributed by atoms with van der Waals surface area (Å²) in [7, 11) is 3.16. The summed E-state index contributed by atoms with van der Waals surface area (Å²) in [4.78, 5) is 26.9. The molecule has 1 atom stereocenters. The number of nitrogens with zero attached hydrogens (tertiary/aromatic N) is 3. The number of piperidine rings is 1. The Morgan fingerprint density at radius 2 is 2.22 bits per heavy atom. The van der Waals surface area contributed by atoms with Crippen LogP contribution in [0.4, 0.5) is 10.1 Å². The number of carbonyl (C=O) groups excluding carboxylic acids is 2. The van der Waals surface area contributed by atoms with Crippen molar-refractivity contribution in [3.63, 3.8) is 0 Å². The van der Waals surface area contributed by atoms with Gasteiger partial charge in [-0.05, 0) is 37.6 Å². The number of amides is 1. The Hall–Kier alpha value is -2.74. The summed E-state index contributed by atoms with van der Waals surface area (Å²) < 4.78 is 20.4. The van der Waals surface area contributed by atoms with Gasteiger partial charge in [0.1, 0.15) is 0 Å². The first-order chi connectivity index (χ1) is 13.0. The quantitative estimate of drug-likeness (QED) is 0.784. The summed E-state index contributed by atoms with van der Waals surface area (Å²) in [6.07, 6.45) is 4.85. The van der Waals surface area contributed by atoms with E-state index in [1.807, 2.05) is 4.90 Å². The molecule has 1 fully saturated rings. The molecule has 1 aromatic heterocycles. The third-order valence-corrected chi connectivity index (χ3v) is 4.67. The molecule has 8 heteroatoms. The van der Waals surface area contributed by atoms with E-state index in [2.05, 4.69) is 10.4 Å². The van der Waals surface area contributed by atoms with Crippen molar-refractivity contribution in [2.75, 3.05) is 32.1 Å². The van der Waals surface area contributed by atoms with Crippen molar-refractivity contribution >= 4 is 17.4 Å². The van der Waals surface area contributed by atoms with Gasteiger partial charge in [-0.1, -0.05) is 0 Å². The number of nitrogens with one attached hydrogen (secondary N) is 1. The monoisotopic (exact) mass is 374 g/mol. The third kappa shape index (κ3) is 4.71. The van der Waals surface area contributed by atoms with Crippen LogP contribution in [-0.2, 0) is 11.8 Å². The van der Waals surface area contributed by atoms with Crippen molar-refractivity contribution in [3.8, 4) is 5.75 Å². The van der Waals surface area contributed by atoms with Gasteiger partial charge in [0, 0.05) is 31.3 Å². The van der Waals surface area contributed by atoms with E-state index in [9.17, 15) is 14.0 Å². The Morgan fingerprint density at radius 3 is 2.89 bits per heavy atom. The molecule has 1 aliphatic rings. The van der Waals surface area contributed by atoms with E-state index in [0.29, 0.717) is 17.8 Å². The van der Waals surface area contributed by atoms with Crippen molar-refractivity contribution in [1.29, 1.82) is 0 Å². The van der Waals surface area contributed by atoms with Gasteiger partial charge in [0.2, 0.25) is 5.91 Å². The zero-order chi connectivity index (χ0) is 19.4. The number of rotatable bonds is 6. The summed E-state index contributed by atoms with van der Waals surface area (Å²) in [5, 5.41) is 6.80. The van der Waals surface area contributed by atoms with Gasteiger partial charge in [0.05, 0.1) is 25.5 Å². The molecule has 0 bridgehead atoms. The van der Waals surface area contributed by atoms with E-state index in [4.69, 9.17) is 4.74 Å². The smallest absolute Gasteiger partial charge is 0.238 e. The summed E-state index contributed by atoms with van der Waals surface area (Å²) in [5.74, 6) is -0.936. The average Bonchev–Trinajstić information content (AvgIpc) is 3.05. The lowest BCUT2D eigenvalue weighted by atomic mass is 9.90. The van der Waals surface area contributed by atoms with Crippen molar-refractivity contribution in [2.45, 2.75) is 12.8 Å². The Morgan fingerprint density at radius 1 is 1.41 bits per heavy atom. The first kappa shape index (κ1) is 19.0. The molecule has 1 aromatic carbocycles. The van der Waals surface area contributed by atoms with Crippen LogP contribution in [0.15, 0.2) is 30.6 Å². The molecule has 0 radical (unpaired) electrons. The van der Waals surface area contributed by atoms with Crippen molar-refractivity contribution in [3.05, 3.63) is 42.0 Å². The van der Waals surface area contributed by atoms with Crippen molar-refractivity contribution in [1.82, 2.24) is 14.7 Å². The number of Topliss-reactive ketones (excluding diaryl/α,β-unsaturated/α-hetero) is 1. The van der Waals surface area contributed by atoms with Gasteiger partial charge in [-0.3, -0.25) is 19.2 Å². The fourth-order valence-electron chi connectivity index (χ4n) is 3.36. The Balaban J connectivity index is 1.59. The number of ether oxygens (including phenoxy) is 1. The van der Waals surface area contributed by atoms with E-state index in [-0.39, 0.29) is 29.9 Å². The second kappa shape index (κ2) is 8.30. The number of halogens is 1. The predicted molar refractivity (Wildman–Crippen MR) is 98.3 cm³/mol. The van der Waals surface area contributed by atoms with Crippen molar-refractivity contribution < 1.29 is 18.7 Å². The lowest BCUT2D eigenvalue weighted by molar-refractivity contribution is -0.117. The highest BCUT2D eigenvalue weighted by molar-refractivity contribution is 5.98. The summed E-state index contributed by atoms with van der Waals surface area (Å²) in [6, 6.07) is 4.26. The minimum Gasteiger partial charge on any atom is -0.494 e. The van der Waals surface area contributed by atoms with E-state index in [0.717, 1.165) is 19.4 Å². The molecule has 1 unspecified atom stereocenters. The number of ketones is 1. The SMILES string of the molecule is COc1ccc(C(=O)C2CCCN(CC(=O)Nc3cnn(C)c3)C2)cc1F. The number of benzene rings is 1. The molecular formula is C19H23FN4O3. The molecule has 2 heterocycles. The van der Waals surface area contributed by atoms with Crippen LogP contribution in [0.2, 0.25) is 0 Å². The first-order valence-electron chi connectivity index (χ1n) is 8.85. The molecule has 1 saturated heterocycles. The van der Waals surface area contributed by atoms with Crippen LogP contribution in [-0.4, -0.2) is 53.1 Å². The van der Waals surface area contributed by atoms with Crippen LogP contribution < -0.4 is 10.1 Å². The molecule has 1 aliphatic heterocycles. The van der Waals surface area contributed by atoms with Crippen LogP contribution in [0.25, 0.3) is 0 Å². The Kier molecular flexibility index (Phi) is 5.85. The molecule has 1 N–H and O–H groups in total. The number of hydrogen-bond acceptors (Lipinski definition) is 5. The Bertz CT molecular complexity index is 836. The first-order valence-corrected chi connectivity index (χ1v) is 8.85. The molecule has 0 spiro atoms. The van der Waals surface area contributed by atoms with Crippen LogP contribution in [0, 0.1) is 11.7 Å². The minimum absolute atomic E-state index is 0.103. The standard InChI is InChI=1S/C19H23FN4O3/c1-23-11-15(9-21-23)22-18(25)12-24-7-3-4-14(10-24)19(26)13-5-6-17(27-2)16(20)8-13/h5-6,8-9,11,14H,3-4,7,10,12H2,1-2H3,(H,22,25). The molecule has 0 aliphatic carbocycles. The lowest BCUT2D eigenvalue weighted by Crippen LogP contribution is -2.42. The third-order valence-electron chi connectivity index (χ3n) is 4.67. The zero-order valence-electron chi connectivity index (χ0n) is 15.4. The van der Waals surface area contributed by atoms with Gasteiger partial charge >= 0.3 is 0 Å². The van der Waals surface area contributed by atoms with Gasteiger partial charge in [-0.2, -0.15) is 5.10 Å². The van der Waals surface area contributed by atoms with Gasteiger partial charge in [-0.15, -0.1) is 0 Å². The van der Waals surface area contributed by atoms with Gasteiger partial charge in [0.25, 0.3) is 0 Å². The molecular weight excluding hydrogens is 351 g/mol. The topological polar surface area (TPSA) is 76.5 Å². The minimum atomic E-state index is -0.549. The second-order valence-electron chi connectivity index (χ2n) is 6.74. The van der Waals surface area contributed by atoms with Crippen LogP contribution >= 0.6 is 0 Å². The zero-order valence-corrected chi connectivity index (χ0v) is 15.4. The average molecular weight is 374 g/mol. The van der Waals surface area contributed by atoms with Crippen LogP contribution in [0.1, 0.15) is 23.2 Å².